The number of amides is 1. The molecule has 1 amide bonds. The van der Waals surface area contributed by atoms with Crippen LogP contribution in [0.25, 0.3) is 5.52 Å². The number of carbonyl (C=O) groups is 1. The summed E-state index contributed by atoms with van der Waals surface area (Å²) < 4.78 is 6.75. The zero-order valence-corrected chi connectivity index (χ0v) is 12.3. The average Bonchev–Trinajstić information content (AvgIpc) is 2.89. The van der Waals surface area contributed by atoms with Gasteiger partial charge in [0.1, 0.15) is 5.75 Å². The summed E-state index contributed by atoms with van der Waals surface area (Å²) in [6.07, 6.45) is 3.50. The highest BCUT2D eigenvalue weighted by molar-refractivity contribution is 6.00. The van der Waals surface area contributed by atoms with Crippen molar-refractivity contribution in [3.63, 3.8) is 0 Å². The fourth-order valence-electron chi connectivity index (χ4n) is 2.64. The summed E-state index contributed by atoms with van der Waals surface area (Å²) in [5.74, 6) is 0.515. The number of methoxy groups -OCH3 is 1. The predicted molar refractivity (Wildman–Crippen MR) is 77.4 cm³/mol. The Hall–Kier alpha value is -2.08. The number of nitrogens with zero attached hydrogens (tertiary/aromatic N) is 2. The van der Waals surface area contributed by atoms with Crippen molar-refractivity contribution in [1.29, 1.82) is 0 Å². The first-order valence-electron chi connectivity index (χ1n) is 6.94. The van der Waals surface area contributed by atoms with Crippen molar-refractivity contribution in [3.05, 3.63) is 30.1 Å². The maximum absolute atomic E-state index is 12.4. The molecule has 1 aliphatic rings. The molecule has 6 heteroatoms. The molecule has 2 N–H and O–H groups in total. The lowest BCUT2D eigenvalue weighted by Gasteiger charge is -2.49. The SMILES string of the molecule is COc1ccc2c(C(=O)NC3CC(O)C3(C)C)cnn2c1. The molecular formula is C15H19N3O3. The van der Waals surface area contributed by atoms with Crippen LogP contribution < -0.4 is 10.1 Å². The molecule has 1 fully saturated rings. The molecule has 6 nitrogen and oxygen atoms in total. The lowest BCUT2D eigenvalue weighted by molar-refractivity contribution is -0.0689. The van der Waals surface area contributed by atoms with Gasteiger partial charge in [0.2, 0.25) is 0 Å². The van der Waals surface area contributed by atoms with Gasteiger partial charge in [0, 0.05) is 11.5 Å². The van der Waals surface area contributed by atoms with Crippen LogP contribution in [0.1, 0.15) is 30.6 Å². The van der Waals surface area contributed by atoms with Gasteiger partial charge in [0.15, 0.2) is 0 Å². The number of aliphatic hydroxyl groups excluding tert-OH is 1. The van der Waals surface area contributed by atoms with E-state index in [1.165, 1.54) is 0 Å². The van der Waals surface area contributed by atoms with Crippen LogP contribution in [0.2, 0.25) is 0 Å². The number of nitrogens with one attached hydrogen (secondary N) is 1. The Morgan fingerprint density at radius 1 is 1.52 bits per heavy atom. The smallest absolute Gasteiger partial charge is 0.255 e. The van der Waals surface area contributed by atoms with Crippen molar-refractivity contribution >= 4 is 11.4 Å². The highest BCUT2D eigenvalue weighted by Crippen LogP contribution is 2.40. The topological polar surface area (TPSA) is 75.9 Å². The van der Waals surface area contributed by atoms with Crippen molar-refractivity contribution in [2.75, 3.05) is 7.11 Å². The van der Waals surface area contributed by atoms with Gasteiger partial charge in [-0.05, 0) is 18.6 Å². The number of pyridine rings is 1. The minimum absolute atomic E-state index is 0.0202. The van der Waals surface area contributed by atoms with E-state index in [2.05, 4.69) is 10.4 Å². The van der Waals surface area contributed by atoms with Gasteiger partial charge < -0.3 is 15.2 Å². The average molecular weight is 289 g/mol. The third-order valence-electron chi connectivity index (χ3n) is 4.49. The Morgan fingerprint density at radius 2 is 2.29 bits per heavy atom. The van der Waals surface area contributed by atoms with Gasteiger partial charge in [-0.1, -0.05) is 13.8 Å². The zero-order valence-electron chi connectivity index (χ0n) is 12.3. The molecule has 3 rings (SSSR count). The molecule has 21 heavy (non-hydrogen) atoms. The van der Waals surface area contributed by atoms with E-state index in [0.717, 1.165) is 5.52 Å². The summed E-state index contributed by atoms with van der Waals surface area (Å²) in [4.78, 5) is 12.4. The summed E-state index contributed by atoms with van der Waals surface area (Å²) in [5.41, 5.74) is 0.961. The normalized spacial score (nSPS) is 23.6. The van der Waals surface area contributed by atoms with Gasteiger partial charge in [-0.15, -0.1) is 0 Å². The molecule has 0 saturated heterocycles. The summed E-state index contributed by atoms with van der Waals surface area (Å²) in [7, 11) is 1.59. The first-order chi connectivity index (χ1) is 9.93. The molecule has 1 saturated carbocycles. The van der Waals surface area contributed by atoms with Gasteiger partial charge in [-0.25, -0.2) is 4.52 Å². The maximum Gasteiger partial charge on any atom is 0.255 e. The summed E-state index contributed by atoms with van der Waals surface area (Å²) in [6, 6.07) is 3.58. The minimum atomic E-state index is -0.365. The van der Waals surface area contributed by atoms with E-state index in [4.69, 9.17) is 4.74 Å². The van der Waals surface area contributed by atoms with Crippen molar-refractivity contribution in [1.82, 2.24) is 14.9 Å². The van der Waals surface area contributed by atoms with E-state index >= 15 is 0 Å². The quantitative estimate of drug-likeness (QED) is 0.891. The molecule has 2 heterocycles. The second-order valence-corrected chi connectivity index (χ2v) is 6.06. The molecular weight excluding hydrogens is 270 g/mol. The van der Waals surface area contributed by atoms with E-state index in [1.54, 1.807) is 30.1 Å². The van der Waals surface area contributed by atoms with Crippen LogP contribution in [0.3, 0.4) is 0 Å². The molecule has 0 aromatic carbocycles. The lowest BCUT2D eigenvalue weighted by Crippen LogP contribution is -2.61. The molecule has 0 spiro atoms. The standard InChI is InChI=1S/C15H19N3O3/c1-15(2)12(6-13(15)19)17-14(20)10-7-16-18-8-9(21-3)4-5-11(10)18/h4-5,7-8,12-13,19H,6H2,1-3H3,(H,17,20). The van der Waals surface area contributed by atoms with E-state index in [1.807, 2.05) is 19.9 Å². The number of hydrogen-bond acceptors (Lipinski definition) is 4. The highest BCUT2D eigenvalue weighted by Gasteiger charge is 2.48. The van der Waals surface area contributed by atoms with E-state index < -0.39 is 0 Å². The van der Waals surface area contributed by atoms with Crippen LogP contribution in [0.15, 0.2) is 24.5 Å². The molecule has 2 unspecified atom stereocenters. The van der Waals surface area contributed by atoms with E-state index in [-0.39, 0.29) is 23.5 Å². The van der Waals surface area contributed by atoms with Crippen LogP contribution in [-0.2, 0) is 0 Å². The Kier molecular flexibility index (Phi) is 3.13. The second kappa shape index (κ2) is 4.73. The molecule has 0 bridgehead atoms. The number of aliphatic hydroxyl groups is 1. The third kappa shape index (κ3) is 2.15. The maximum atomic E-state index is 12.4. The summed E-state index contributed by atoms with van der Waals surface area (Å²) in [5, 5.41) is 16.9. The molecule has 1 aliphatic carbocycles. The Labute approximate surface area is 122 Å². The largest absolute Gasteiger partial charge is 0.495 e. The fourth-order valence-corrected chi connectivity index (χ4v) is 2.64. The number of rotatable bonds is 3. The summed E-state index contributed by atoms with van der Waals surface area (Å²) >= 11 is 0. The number of hydrogen-bond donors (Lipinski definition) is 2. The summed E-state index contributed by atoms with van der Waals surface area (Å²) in [6.45, 7) is 3.90. The van der Waals surface area contributed by atoms with Crippen molar-refractivity contribution in [2.24, 2.45) is 5.41 Å². The van der Waals surface area contributed by atoms with Gasteiger partial charge in [0.05, 0.1) is 36.7 Å². The van der Waals surface area contributed by atoms with Crippen LogP contribution in [0, 0.1) is 5.41 Å². The number of fused-ring (bicyclic) bond motifs is 1. The molecule has 112 valence electrons. The first kappa shape index (κ1) is 13.9. The monoisotopic (exact) mass is 289 g/mol. The predicted octanol–water partition coefficient (Wildman–Crippen LogP) is 1.23. The lowest BCUT2D eigenvalue weighted by atomic mass is 9.64. The van der Waals surface area contributed by atoms with Crippen LogP contribution in [-0.4, -0.2) is 39.9 Å². The van der Waals surface area contributed by atoms with Crippen molar-refractivity contribution < 1.29 is 14.6 Å². The molecule has 0 radical (unpaired) electrons. The van der Waals surface area contributed by atoms with E-state index in [9.17, 15) is 9.90 Å². The molecule has 2 aromatic heterocycles. The first-order valence-corrected chi connectivity index (χ1v) is 6.94. The van der Waals surface area contributed by atoms with E-state index in [0.29, 0.717) is 17.7 Å². The molecule has 0 aliphatic heterocycles. The molecule has 2 atom stereocenters. The fraction of sp³-hybridized carbons (Fsp3) is 0.467. The third-order valence-corrected chi connectivity index (χ3v) is 4.49. The van der Waals surface area contributed by atoms with Gasteiger partial charge in [-0.2, -0.15) is 5.10 Å². The minimum Gasteiger partial charge on any atom is -0.495 e. The zero-order chi connectivity index (χ0) is 15.2. The Bertz CT molecular complexity index is 693. The van der Waals surface area contributed by atoms with Crippen molar-refractivity contribution in [2.45, 2.75) is 32.4 Å². The number of carbonyl (C=O) groups excluding carboxylic acids is 1. The van der Waals surface area contributed by atoms with Crippen molar-refractivity contribution in [3.8, 4) is 5.75 Å². The van der Waals surface area contributed by atoms with Gasteiger partial charge >= 0.3 is 0 Å². The van der Waals surface area contributed by atoms with Crippen LogP contribution in [0.4, 0.5) is 0 Å². The Morgan fingerprint density at radius 3 is 2.90 bits per heavy atom. The molecule has 2 aromatic rings. The van der Waals surface area contributed by atoms with Crippen LogP contribution in [0.5, 0.6) is 5.75 Å². The van der Waals surface area contributed by atoms with Crippen LogP contribution >= 0.6 is 0 Å². The Balaban J connectivity index is 1.82. The second-order valence-electron chi connectivity index (χ2n) is 6.06. The number of ether oxygens (including phenoxy) is 1. The number of aromatic nitrogens is 2. The highest BCUT2D eigenvalue weighted by atomic mass is 16.5. The van der Waals surface area contributed by atoms with Gasteiger partial charge in [0.25, 0.3) is 5.91 Å². The van der Waals surface area contributed by atoms with Gasteiger partial charge in [-0.3, -0.25) is 4.79 Å².